The molecule has 1 saturated heterocycles. The minimum atomic E-state index is 0.515. The van der Waals surface area contributed by atoms with Gasteiger partial charge in [-0.1, -0.05) is 13.8 Å². The minimum absolute atomic E-state index is 0.515. The van der Waals surface area contributed by atoms with Crippen LogP contribution in [0.4, 0.5) is 0 Å². The summed E-state index contributed by atoms with van der Waals surface area (Å²) in [6, 6.07) is 0. The lowest BCUT2D eigenvalue weighted by molar-refractivity contribution is 0.0172. The van der Waals surface area contributed by atoms with E-state index in [2.05, 4.69) is 27.7 Å². The second kappa shape index (κ2) is 2.22. The fourth-order valence-corrected chi connectivity index (χ4v) is 3.26. The molecule has 0 N–H and O–H groups in total. The molecule has 1 aliphatic carbocycles. The van der Waals surface area contributed by atoms with Gasteiger partial charge in [-0.05, 0) is 37.5 Å². The van der Waals surface area contributed by atoms with Crippen LogP contribution in [0.25, 0.3) is 0 Å². The second-order valence-corrected chi connectivity index (χ2v) is 4.42. The average molecular weight is 154 g/mol. The van der Waals surface area contributed by atoms with Crippen LogP contribution < -0.4 is 0 Å². The van der Waals surface area contributed by atoms with Crippen molar-refractivity contribution in [2.45, 2.75) is 39.9 Å². The molecule has 0 aromatic heterocycles. The van der Waals surface area contributed by atoms with Crippen molar-refractivity contribution in [1.29, 1.82) is 0 Å². The summed E-state index contributed by atoms with van der Waals surface area (Å²) in [5, 5.41) is 0. The third kappa shape index (κ3) is 0.807. The fourth-order valence-electron chi connectivity index (χ4n) is 3.26. The Hall–Kier alpha value is -0.0400. The van der Waals surface area contributed by atoms with E-state index in [0.717, 1.165) is 23.7 Å². The molecule has 1 heteroatoms. The Bertz CT molecular complexity index is 140. The van der Waals surface area contributed by atoms with E-state index in [-0.39, 0.29) is 0 Å². The normalized spacial score (nSPS) is 62.2. The Morgan fingerprint density at radius 3 is 1.45 bits per heavy atom. The van der Waals surface area contributed by atoms with Gasteiger partial charge in [-0.15, -0.1) is 0 Å². The number of ether oxygens (including phenoxy) is 1. The number of fused-ring (bicyclic) bond motifs is 1. The van der Waals surface area contributed by atoms with E-state index in [9.17, 15) is 0 Å². The summed E-state index contributed by atoms with van der Waals surface area (Å²) in [5.41, 5.74) is 0. The van der Waals surface area contributed by atoms with Crippen LogP contribution in [-0.2, 0) is 4.74 Å². The van der Waals surface area contributed by atoms with Gasteiger partial charge in [-0.25, -0.2) is 0 Å². The van der Waals surface area contributed by atoms with Crippen LogP contribution in [0.2, 0.25) is 0 Å². The van der Waals surface area contributed by atoms with Crippen LogP contribution in [0.3, 0.4) is 0 Å². The highest BCUT2D eigenvalue weighted by molar-refractivity contribution is 5.02. The molecule has 4 unspecified atom stereocenters. The predicted molar refractivity (Wildman–Crippen MR) is 45.3 cm³/mol. The van der Waals surface area contributed by atoms with Crippen LogP contribution in [-0.4, -0.2) is 12.2 Å². The number of hydrogen-bond acceptors (Lipinski definition) is 1. The van der Waals surface area contributed by atoms with E-state index in [1.165, 1.54) is 0 Å². The second-order valence-electron chi connectivity index (χ2n) is 4.42. The van der Waals surface area contributed by atoms with Crippen molar-refractivity contribution in [1.82, 2.24) is 0 Å². The molecule has 0 radical (unpaired) electrons. The van der Waals surface area contributed by atoms with Gasteiger partial charge in [0.25, 0.3) is 0 Å². The third-order valence-electron chi connectivity index (χ3n) is 4.00. The summed E-state index contributed by atoms with van der Waals surface area (Å²) in [5.74, 6) is 3.50. The van der Waals surface area contributed by atoms with Crippen molar-refractivity contribution >= 4 is 0 Å². The van der Waals surface area contributed by atoms with Crippen LogP contribution in [0.5, 0.6) is 0 Å². The molecule has 0 aromatic rings. The van der Waals surface area contributed by atoms with Gasteiger partial charge in [0.15, 0.2) is 0 Å². The van der Waals surface area contributed by atoms with Gasteiger partial charge in [0.2, 0.25) is 0 Å². The molecule has 2 aliphatic rings. The van der Waals surface area contributed by atoms with Crippen LogP contribution >= 0.6 is 0 Å². The zero-order valence-corrected chi connectivity index (χ0v) is 7.87. The number of hydrogen-bond donors (Lipinski definition) is 0. The first-order valence-corrected chi connectivity index (χ1v) is 4.78. The molecule has 1 heterocycles. The van der Waals surface area contributed by atoms with Crippen molar-refractivity contribution in [2.24, 2.45) is 23.7 Å². The van der Waals surface area contributed by atoms with E-state index in [4.69, 9.17) is 4.74 Å². The maximum atomic E-state index is 5.79. The Labute approximate surface area is 69.1 Å². The maximum Gasteiger partial charge on any atom is 0.0585 e. The zero-order chi connectivity index (χ0) is 8.17. The lowest BCUT2D eigenvalue weighted by Gasteiger charge is -2.46. The monoisotopic (exact) mass is 154 g/mol. The molecule has 2 rings (SSSR count). The Balaban J connectivity index is 2.14. The van der Waals surface area contributed by atoms with E-state index in [1.807, 2.05) is 0 Å². The van der Waals surface area contributed by atoms with Gasteiger partial charge in [-0.2, -0.15) is 0 Å². The molecule has 2 fully saturated rings. The third-order valence-corrected chi connectivity index (χ3v) is 4.00. The molecular formula is C10H18O. The SMILES string of the molecule is CC1OC(C)C2C1[C@@H](C)[C@H]2C. The quantitative estimate of drug-likeness (QED) is 0.520. The molecule has 1 nitrogen and oxygen atoms in total. The standard InChI is InChI=1S/C10H18O/c1-5-6(2)10-8(4)11-7(3)9(5)10/h5-10H,1-4H3/t5-,6+,7?,8?,9?,10?. The highest BCUT2D eigenvalue weighted by Gasteiger charge is 2.55. The lowest BCUT2D eigenvalue weighted by Crippen LogP contribution is -2.46. The largest absolute Gasteiger partial charge is 0.375 e. The fraction of sp³-hybridized carbons (Fsp3) is 1.00. The molecule has 0 spiro atoms. The summed E-state index contributed by atoms with van der Waals surface area (Å²) in [6.07, 6.45) is 1.03. The highest BCUT2D eigenvalue weighted by Crippen LogP contribution is 2.54. The Kier molecular flexibility index (Phi) is 1.54. The summed E-state index contributed by atoms with van der Waals surface area (Å²) in [7, 11) is 0. The lowest BCUT2D eigenvalue weighted by atomic mass is 9.56. The van der Waals surface area contributed by atoms with Gasteiger partial charge in [0.1, 0.15) is 0 Å². The van der Waals surface area contributed by atoms with Gasteiger partial charge in [0.05, 0.1) is 12.2 Å². The molecule has 0 amide bonds. The topological polar surface area (TPSA) is 9.23 Å². The number of rotatable bonds is 0. The molecule has 1 saturated carbocycles. The molecule has 6 atom stereocenters. The predicted octanol–water partition coefficient (Wildman–Crippen LogP) is 2.31. The maximum absolute atomic E-state index is 5.79. The molecule has 11 heavy (non-hydrogen) atoms. The molecule has 1 aliphatic heterocycles. The molecule has 0 aromatic carbocycles. The van der Waals surface area contributed by atoms with E-state index in [0.29, 0.717) is 12.2 Å². The van der Waals surface area contributed by atoms with Crippen LogP contribution in [0.1, 0.15) is 27.7 Å². The van der Waals surface area contributed by atoms with Crippen molar-refractivity contribution in [3.63, 3.8) is 0 Å². The molecule has 0 bridgehead atoms. The first-order valence-electron chi connectivity index (χ1n) is 4.78. The van der Waals surface area contributed by atoms with E-state index >= 15 is 0 Å². The smallest absolute Gasteiger partial charge is 0.0585 e. The zero-order valence-electron chi connectivity index (χ0n) is 7.87. The van der Waals surface area contributed by atoms with E-state index < -0.39 is 0 Å². The summed E-state index contributed by atoms with van der Waals surface area (Å²) in [6.45, 7) is 9.18. The average Bonchev–Trinajstić information content (AvgIpc) is 2.21. The van der Waals surface area contributed by atoms with Crippen molar-refractivity contribution in [3.8, 4) is 0 Å². The Morgan fingerprint density at radius 2 is 1.09 bits per heavy atom. The minimum Gasteiger partial charge on any atom is -0.375 e. The first-order chi connectivity index (χ1) is 5.13. The van der Waals surface area contributed by atoms with Gasteiger partial charge in [0, 0.05) is 0 Å². The molecular weight excluding hydrogens is 136 g/mol. The van der Waals surface area contributed by atoms with Crippen molar-refractivity contribution < 1.29 is 4.74 Å². The van der Waals surface area contributed by atoms with E-state index in [1.54, 1.807) is 0 Å². The first kappa shape index (κ1) is 7.60. The highest BCUT2D eigenvalue weighted by atomic mass is 16.5. The molecule has 64 valence electrons. The van der Waals surface area contributed by atoms with Gasteiger partial charge < -0.3 is 4.74 Å². The van der Waals surface area contributed by atoms with Crippen molar-refractivity contribution in [2.75, 3.05) is 0 Å². The summed E-state index contributed by atoms with van der Waals surface area (Å²) < 4.78 is 5.79. The van der Waals surface area contributed by atoms with Crippen LogP contribution in [0.15, 0.2) is 0 Å². The van der Waals surface area contributed by atoms with Crippen molar-refractivity contribution in [3.05, 3.63) is 0 Å². The summed E-state index contributed by atoms with van der Waals surface area (Å²) >= 11 is 0. The van der Waals surface area contributed by atoms with Crippen LogP contribution in [0, 0.1) is 23.7 Å². The summed E-state index contributed by atoms with van der Waals surface area (Å²) in [4.78, 5) is 0. The Morgan fingerprint density at radius 1 is 0.727 bits per heavy atom. The van der Waals surface area contributed by atoms with Gasteiger partial charge in [-0.3, -0.25) is 0 Å². The van der Waals surface area contributed by atoms with Gasteiger partial charge >= 0.3 is 0 Å².